The van der Waals surface area contributed by atoms with Gasteiger partial charge < -0.3 is 10.0 Å². The lowest BCUT2D eigenvalue weighted by Gasteiger charge is -2.23. The summed E-state index contributed by atoms with van der Waals surface area (Å²) in [5.74, 6) is 0. The first-order chi connectivity index (χ1) is 9.51. The third kappa shape index (κ3) is 3.31. The third-order valence-corrected chi connectivity index (χ3v) is 4.26. The molecule has 1 aromatic carbocycles. The van der Waals surface area contributed by atoms with E-state index in [1.165, 1.54) is 11.3 Å². The molecule has 0 bridgehead atoms. The number of nitriles is 1. The zero-order valence-corrected chi connectivity index (χ0v) is 12.9. The van der Waals surface area contributed by atoms with Crippen LogP contribution < -0.4 is 4.90 Å². The van der Waals surface area contributed by atoms with Crippen LogP contribution in [0.1, 0.15) is 29.0 Å². The minimum Gasteiger partial charge on any atom is -0.389 e. The predicted octanol–water partition coefficient (Wildman–Crippen LogP) is 3.96. The Morgan fingerprint density at radius 1 is 1.40 bits per heavy atom. The van der Waals surface area contributed by atoms with E-state index < -0.39 is 6.10 Å². The molecule has 1 aromatic heterocycles. The molecule has 5 heteroatoms. The maximum Gasteiger partial charge on any atom is 0.0992 e. The van der Waals surface area contributed by atoms with Crippen LogP contribution in [0.5, 0.6) is 0 Å². The van der Waals surface area contributed by atoms with Crippen molar-refractivity contribution < 1.29 is 5.11 Å². The summed E-state index contributed by atoms with van der Waals surface area (Å²) < 4.78 is 0.759. The van der Waals surface area contributed by atoms with Crippen LogP contribution in [0, 0.1) is 11.3 Å². The van der Waals surface area contributed by atoms with Crippen molar-refractivity contribution in [2.24, 2.45) is 0 Å². The van der Waals surface area contributed by atoms with Gasteiger partial charge >= 0.3 is 0 Å². The molecule has 0 aliphatic carbocycles. The van der Waals surface area contributed by atoms with Gasteiger partial charge in [-0.1, -0.05) is 17.7 Å². The molecule has 2 rings (SSSR count). The van der Waals surface area contributed by atoms with Gasteiger partial charge in [-0.05, 0) is 31.2 Å². The molecule has 0 aliphatic heterocycles. The van der Waals surface area contributed by atoms with E-state index in [0.717, 1.165) is 20.5 Å². The van der Waals surface area contributed by atoms with Gasteiger partial charge in [0.15, 0.2) is 0 Å². The first kappa shape index (κ1) is 14.9. The Labute approximate surface area is 127 Å². The van der Waals surface area contributed by atoms with Crippen molar-refractivity contribution in [2.75, 3.05) is 11.9 Å². The van der Waals surface area contributed by atoms with Crippen LogP contribution in [0.3, 0.4) is 0 Å². The van der Waals surface area contributed by atoms with Crippen molar-refractivity contribution in [3.63, 3.8) is 0 Å². The fourth-order valence-electron chi connectivity index (χ4n) is 2.05. The topological polar surface area (TPSA) is 47.3 Å². The molecule has 0 spiro atoms. The normalized spacial score (nSPS) is 11.9. The molecule has 0 fully saturated rings. The van der Waals surface area contributed by atoms with Crippen LogP contribution in [0.4, 0.5) is 5.69 Å². The number of thiophene rings is 1. The number of rotatable bonds is 4. The number of anilines is 1. The SMILES string of the molecule is CC(O)c1ccc(C#N)cc1N(C)Cc1ccc(Cl)s1. The van der Waals surface area contributed by atoms with E-state index in [2.05, 4.69) is 6.07 Å². The highest BCUT2D eigenvalue weighted by molar-refractivity contribution is 7.16. The number of nitrogens with zero attached hydrogens (tertiary/aromatic N) is 2. The maximum absolute atomic E-state index is 9.86. The number of benzene rings is 1. The summed E-state index contributed by atoms with van der Waals surface area (Å²) in [7, 11) is 1.94. The highest BCUT2D eigenvalue weighted by atomic mass is 35.5. The van der Waals surface area contributed by atoms with Gasteiger partial charge in [0.05, 0.1) is 28.6 Å². The molecule has 1 heterocycles. The average molecular weight is 307 g/mol. The van der Waals surface area contributed by atoms with Crippen molar-refractivity contribution in [2.45, 2.75) is 19.6 Å². The number of aliphatic hydroxyl groups excluding tert-OH is 1. The quantitative estimate of drug-likeness (QED) is 0.930. The zero-order valence-electron chi connectivity index (χ0n) is 11.3. The first-order valence-corrected chi connectivity index (χ1v) is 7.38. The molecule has 0 saturated carbocycles. The molecule has 1 N–H and O–H groups in total. The van der Waals surface area contributed by atoms with E-state index in [1.54, 1.807) is 25.1 Å². The third-order valence-electron chi connectivity index (χ3n) is 3.04. The molecule has 0 saturated heterocycles. The lowest BCUT2D eigenvalue weighted by Crippen LogP contribution is -2.18. The Kier molecular flexibility index (Phi) is 4.66. The first-order valence-electron chi connectivity index (χ1n) is 6.18. The molecular formula is C15H15ClN2OS. The zero-order chi connectivity index (χ0) is 14.7. The number of hydrogen-bond donors (Lipinski definition) is 1. The van der Waals surface area contributed by atoms with Crippen molar-refractivity contribution in [3.8, 4) is 6.07 Å². The summed E-state index contributed by atoms with van der Waals surface area (Å²) in [6, 6.07) is 11.3. The van der Waals surface area contributed by atoms with E-state index in [9.17, 15) is 5.11 Å². The Morgan fingerprint density at radius 3 is 2.70 bits per heavy atom. The van der Waals surface area contributed by atoms with Gasteiger partial charge in [-0.15, -0.1) is 11.3 Å². The average Bonchev–Trinajstić information content (AvgIpc) is 2.83. The van der Waals surface area contributed by atoms with Crippen LogP contribution in [0.15, 0.2) is 30.3 Å². The van der Waals surface area contributed by atoms with E-state index >= 15 is 0 Å². The molecular weight excluding hydrogens is 292 g/mol. The molecule has 20 heavy (non-hydrogen) atoms. The molecule has 0 aliphatic rings. The number of hydrogen-bond acceptors (Lipinski definition) is 4. The van der Waals surface area contributed by atoms with Gasteiger partial charge in [0, 0.05) is 23.2 Å². The van der Waals surface area contributed by atoms with Gasteiger partial charge in [-0.3, -0.25) is 0 Å². The number of aliphatic hydroxyl groups is 1. The summed E-state index contributed by atoms with van der Waals surface area (Å²) in [4.78, 5) is 3.15. The smallest absolute Gasteiger partial charge is 0.0992 e. The Bertz CT molecular complexity index is 646. The van der Waals surface area contributed by atoms with Crippen LogP contribution in [-0.2, 0) is 6.54 Å². The highest BCUT2D eigenvalue weighted by Crippen LogP contribution is 2.29. The van der Waals surface area contributed by atoms with Gasteiger partial charge in [0.25, 0.3) is 0 Å². The fourth-order valence-corrected chi connectivity index (χ4v) is 3.19. The standard InChI is InChI=1S/C15H15ClN2OS/c1-10(19)13-5-3-11(8-17)7-14(13)18(2)9-12-4-6-15(16)20-12/h3-7,10,19H,9H2,1-2H3. The molecule has 0 radical (unpaired) electrons. The highest BCUT2D eigenvalue weighted by Gasteiger charge is 2.13. The molecule has 104 valence electrons. The summed E-state index contributed by atoms with van der Waals surface area (Å²) in [6.07, 6.45) is -0.577. The minimum absolute atomic E-state index is 0.577. The second kappa shape index (κ2) is 6.27. The molecule has 3 nitrogen and oxygen atoms in total. The Balaban J connectivity index is 2.32. The predicted molar refractivity (Wildman–Crippen MR) is 83.2 cm³/mol. The summed E-state index contributed by atoms with van der Waals surface area (Å²) in [5, 5.41) is 18.9. The van der Waals surface area contributed by atoms with Crippen molar-refractivity contribution in [3.05, 3.63) is 50.7 Å². The second-order valence-corrected chi connectivity index (χ2v) is 6.42. The van der Waals surface area contributed by atoms with Crippen LogP contribution in [0.2, 0.25) is 4.34 Å². The van der Waals surface area contributed by atoms with E-state index in [1.807, 2.05) is 24.1 Å². The van der Waals surface area contributed by atoms with Crippen LogP contribution in [0.25, 0.3) is 0 Å². The Morgan fingerprint density at radius 2 is 2.15 bits per heavy atom. The van der Waals surface area contributed by atoms with Crippen molar-refractivity contribution >= 4 is 28.6 Å². The number of halogens is 1. The lowest BCUT2D eigenvalue weighted by atomic mass is 10.0. The molecule has 1 atom stereocenters. The van der Waals surface area contributed by atoms with Crippen molar-refractivity contribution in [1.82, 2.24) is 0 Å². The van der Waals surface area contributed by atoms with Crippen LogP contribution >= 0.6 is 22.9 Å². The van der Waals surface area contributed by atoms with Gasteiger partial charge in [-0.25, -0.2) is 0 Å². The van der Waals surface area contributed by atoms with Crippen molar-refractivity contribution in [1.29, 1.82) is 5.26 Å². The lowest BCUT2D eigenvalue weighted by molar-refractivity contribution is 0.199. The molecule has 0 amide bonds. The van der Waals surface area contributed by atoms with Gasteiger partial charge in [0.1, 0.15) is 0 Å². The summed E-state index contributed by atoms with van der Waals surface area (Å²) in [6.45, 7) is 2.41. The maximum atomic E-state index is 9.86. The van der Waals surface area contributed by atoms with Crippen LogP contribution in [-0.4, -0.2) is 12.2 Å². The summed E-state index contributed by atoms with van der Waals surface area (Å²) >= 11 is 7.47. The van der Waals surface area contributed by atoms with Gasteiger partial charge in [0.2, 0.25) is 0 Å². The monoisotopic (exact) mass is 306 g/mol. The second-order valence-electron chi connectivity index (χ2n) is 4.62. The van der Waals surface area contributed by atoms with E-state index in [0.29, 0.717) is 12.1 Å². The fraction of sp³-hybridized carbons (Fsp3) is 0.267. The van der Waals surface area contributed by atoms with E-state index in [-0.39, 0.29) is 0 Å². The minimum atomic E-state index is -0.577. The van der Waals surface area contributed by atoms with E-state index in [4.69, 9.17) is 16.9 Å². The Hall–Kier alpha value is -1.54. The van der Waals surface area contributed by atoms with Gasteiger partial charge in [-0.2, -0.15) is 5.26 Å². The molecule has 2 aromatic rings. The summed E-state index contributed by atoms with van der Waals surface area (Å²) in [5.41, 5.74) is 2.26. The molecule has 1 unspecified atom stereocenters. The largest absolute Gasteiger partial charge is 0.389 e.